The quantitative estimate of drug-likeness (QED) is 0.633. The van der Waals surface area contributed by atoms with Gasteiger partial charge in [0.2, 0.25) is 0 Å². The third-order valence-corrected chi connectivity index (χ3v) is 4.39. The van der Waals surface area contributed by atoms with Crippen molar-refractivity contribution in [3.63, 3.8) is 0 Å². The normalized spacial score (nSPS) is 11.2. The molecular formula is C21H22ClNO. The summed E-state index contributed by atoms with van der Waals surface area (Å²) in [6, 6.07) is 20.8. The Kier molecular flexibility index (Phi) is 5.39. The zero-order valence-corrected chi connectivity index (χ0v) is 14.8. The smallest absolute Gasteiger partial charge is 0.124 e. The van der Waals surface area contributed by atoms with Crippen LogP contribution >= 0.6 is 11.6 Å². The molecule has 0 radical (unpaired) electrons. The van der Waals surface area contributed by atoms with Gasteiger partial charge in [-0.25, -0.2) is 0 Å². The van der Waals surface area contributed by atoms with Crippen LogP contribution < -0.4 is 10.1 Å². The second-order valence-corrected chi connectivity index (χ2v) is 6.59. The molecule has 3 aromatic carbocycles. The molecule has 0 aliphatic carbocycles. The molecule has 0 spiro atoms. The van der Waals surface area contributed by atoms with E-state index in [0.29, 0.717) is 12.6 Å². The van der Waals surface area contributed by atoms with Crippen LogP contribution in [0.5, 0.6) is 5.75 Å². The van der Waals surface area contributed by atoms with E-state index in [1.165, 1.54) is 16.3 Å². The van der Waals surface area contributed by atoms with E-state index in [0.717, 1.165) is 22.9 Å². The summed E-state index contributed by atoms with van der Waals surface area (Å²) in [6.45, 7) is 5.54. The van der Waals surface area contributed by atoms with Crippen LogP contribution in [-0.4, -0.2) is 6.04 Å². The lowest BCUT2D eigenvalue weighted by atomic mass is 10.0. The van der Waals surface area contributed by atoms with Crippen molar-refractivity contribution in [2.45, 2.75) is 33.0 Å². The summed E-state index contributed by atoms with van der Waals surface area (Å²) in [7, 11) is 0. The van der Waals surface area contributed by atoms with Crippen LogP contribution in [0.3, 0.4) is 0 Å². The minimum atomic E-state index is 0.417. The molecule has 0 aliphatic rings. The molecule has 0 unspecified atom stereocenters. The van der Waals surface area contributed by atoms with Crippen molar-refractivity contribution in [2.75, 3.05) is 0 Å². The maximum atomic E-state index is 6.24. The highest BCUT2D eigenvalue weighted by Crippen LogP contribution is 2.29. The predicted octanol–water partition coefficient (Wildman–Crippen LogP) is 5.57. The summed E-state index contributed by atoms with van der Waals surface area (Å²) < 4.78 is 6.12. The van der Waals surface area contributed by atoms with Crippen molar-refractivity contribution in [1.29, 1.82) is 0 Å². The molecule has 0 bridgehead atoms. The Morgan fingerprint density at radius 2 is 1.71 bits per heavy atom. The number of nitrogens with one attached hydrogen (secondary N) is 1. The van der Waals surface area contributed by atoms with Gasteiger partial charge in [-0.1, -0.05) is 74.0 Å². The second-order valence-electron chi connectivity index (χ2n) is 6.18. The standard InChI is InChI=1S/C21H22ClNO/c1-15(2)23-13-19-18-9-5-3-7-16(18)11-12-21(19)24-14-17-8-4-6-10-20(17)22/h3-12,15,23H,13-14H2,1-2H3. The average molecular weight is 340 g/mol. The van der Waals surface area contributed by atoms with E-state index in [9.17, 15) is 0 Å². The lowest BCUT2D eigenvalue weighted by molar-refractivity contribution is 0.302. The van der Waals surface area contributed by atoms with Gasteiger partial charge in [0.1, 0.15) is 12.4 Å². The molecule has 24 heavy (non-hydrogen) atoms. The molecule has 0 aromatic heterocycles. The van der Waals surface area contributed by atoms with Gasteiger partial charge < -0.3 is 10.1 Å². The van der Waals surface area contributed by atoms with Crippen molar-refractivity contribution in [3.05, 3.63) is 76.8 Å². The van der Waals surface area contributed by atoms with Crippen LogP contribution in [0, 0.1) is 0 Å². The van der Waals surface area contributed by atoms with Gasteiger partial charge in [-0.15, -0.1) is 0 Å². The highest BCUT2D eigenvalue weighted by Gasteiger charge is 2.10. The van der Waals surface area contributed by atoms with E-state index in [1.807, 2.05) is 24.3 Å². The van der Waals surface area contributed by atoms with Crippen molar-refractivity contribution in [1.82, 2.24) is 5.32 Å². The fourth-order valence-electron chi connectivity index (χ4n) is 2.71. The van der Waals surface area contributed by atoms with Crippen molar-refractivity contribution < 1.29 is 4.74 Å². The molecular weight excluding hydrogens is 318 g/mol. The highest BCUT2D eigenvalue weighted by molar-refractivity contribution is 6.31. The third-order valence-electron chi connectivity index (χ3n) is 4.03. The molecule has 1 N–H and O–H groups in total. The van der Waals surface area contributed by atoms with Gasteiger partial charge >= 0.3 is 0 Å². The van der Waals surface area contributed by atoms with Crippen LogP contribution in [0.25, 0.3) is 10.8 Å². The SMILES string of the molecule is CC(C)NCc1c(OCc2ccccc2Cl)ccc2ccccc12. The van der Waals surface area contributed by atoms with Crippen molar-refractivity contribution in [3.8, 4) is 5.75 Å². The average Bonchev–Trinajstić information content (AvgIpc) is 2.59. The van der Waals surface area contributed by atoms with Gasteiger partial charge in [0.15, 0.2) is 0 Å². The fourth-order valence-corrected chi connectivity index (χ4v) is 2.90. The first-order chi connectivity index (χ1) is 11.6. The Labute approximate surface area is 148 Å². The number of benzene rings is 3. The van der Waals surface area contributed by atoms with Crippen LogP contribution in [0.15, 0.2) is 60.7 Å². The van der Waals surface area contributed by atoms with Gasteiger partial charge in [-0.2, -0.15) is 0 Å². The second kappa shape index (κ2) is 7.69. The first kappa shape index (κ1) is 16.8. The Morgan fingerprint density at radius 1 is 0.958 bits per heavy atom. The molecule has 3 rings (SSSR count). The molecule has 0 amide bonds. The fraction of sp³-hybridized carbons (Fsp3) is 0.238. The number of rotatable bonds is 6. The lowest BCUT2D eigenvalue weighted by Gasteiger charge is -2.16. The van der Waals surface area contributed by atoms with E-state index in [2.05, 4.69) is 55.6 Å². The van der Waals surface area contributed by atoms with E-state index in [1.54, 1.807) is 0 Å². The summed E-state index contributed by atoms with van der Waals surface area (Å²) in [4.78, 5) is 0. The molecule has 2 nitrogen and oxygen atoms in total. The summed E-state index contributed by atoms with van der Waals surface area (Å²) in [5, 5.41) is 6.68. The molecule has 0 saturated heterocycles. The molecule has 0 saturated carbocycles. The molecule has 0 aliphatic heterocycles. The Morgan fingerprint density at radius 3 is 2.50 bits per heavy atom. The highest BCUT2D eigenvalue weighted by atomic mass is 35.5. The van der Waals surface area contributed by atoms with E-state index in [4.69, 9.17) is 16.3 Å². The molecule has 3 aromatic rings. The van der Waals surface area contributed by atoms with Gasteiger partial charge in [0.25, 0.3) is 0 Å². The summed E-state index contributed by atoms with van der Waals surface area (Å²) in [5.74, 6) is 0.904. The monoisotopic (exact) mass is 339 g/mol. The van der Waals surface area contributed by atoms with Gasteiger partial charge in [0, 0.05) is 28.7 Å². The number of hydrogen-bond donors (Lipinski definition) is 1. The molecule has 0 atom stereocenters. The van der Waals surface area contributed by atoms with Crippen molar-refractivity contribution in [2.24, 2.45) is 0 Å². The van der Waals surface area contributed by atoms with Gasteiger partial charge in [0.05, 0.1) is 0 Å². The van der Waals surface area contributed by atoms with Crippen LogP contribution in [0.2, 0.25) is 5.02 Å². The Bertz CT molecular complexity index is 829. The van der Waals surface area contributed by atoms with E-state index in [-0.39, 0.29) is 0 Å². The number of ether oxygens (including phenoxy) is 1. The summed E-state index contributed by atoms with van der Waals surface area (Å²) in [5.41, 5.74) is 2.18. The predicted molar refractivity (Wildman–Crippen MR) is 102 cm³/mol. The zero-order chi connectivity index (χ0) is 16.9. The molecule has 3 heteroatoms. The van der Waals surface area contributed by atoms with Gasteiger partial charge in [-0.05, 0) is 22.9 Å². The van der Waals surface area contributed by atoms with E-state index >= 15 is 0 Å². The first-order valence-electron chi connectivity index (χ1n) is 8.25. The third kappa shape index (κ3) is 3.89. The lowest BCUT2D eigenvalue weighted by Crippen LogP contribution is -2.22. The Hall–Kier alpha value is -2.03. The number of hydrogen-bond acceptors (Lipinski definition) is 2. The maximum Gasteiger partial charge on any atom is 0.124 e. The van der Waals surface area contributed by atoms with Crippen LogP contribution in [0.4, 0.5) is 0 Å². The first-order valence-corrected chi connectivity index (χ1v) is 8.63. The minimum Gasteiger partial charge on any atom is -0.488 e. The summed E-state index contributed by atoms with van der Waals surface area (Å²) in [6.07, 6.45) is 0. The van der Waals surface area contributed by atoms with Crippen molar-refractivity contribution >= 4 is 22.4 Å². The van der Waals surface area contributed by atoms with Gasteiger partial charge in [-0.3, -0.25) is 0 Å². The van der Waals surface area contributed by atoms with E-state index < -0.39 is 0 Å². The van der Waals surface area contributed by atoms with Crippen LogP contribution in [-0.2, 0) is 13.2 Å². The summed E-state index contributed by atoms with van der Waals surface area (Å²) >= 11 is 6.24. The molecule has 124 valence electrons. The topological polar surface area (TPSA) is 21.3 Å². The van der Waals surface area contributed by atoms with Crippen LogP contribution in [0.1, 0.15) is 25.0 Å². The number of halogens is 1. The Balaban J connectivity index is 1.91. The molecule has 0 fully saturated rings. The molecule has 0 heterocycles. The largest absolute Gasteiger partial charge is 0.488 e. The minimum absolute atomic E-state index is 0.417. The number of fused-ring (bicyclic) bond motifs is 1. The zero-order valence-electron chi connectivity index (χ0n) is 14.1. The maximum absolute atomic E-state index is 6.24.